The average molecular weight is 340 g/mol. The van der Waals surface area contributed by atoms with Crippen molar-refractivity contribution in [2.75, 3.05) is 5.73 Å². The molecule has 2 aromatic carbocycles. The van der Waals surface area contributed by atoms with Crippen LogP contribution in [0.2, 0.25) is 0 Å². The van der Waals surface area contributed by atoms with Gasteiger partial charge in [-0.25, -0.2) is 8.78 Å². The molecule has 2 aromatic rings. The molecule has 20 heavy (non-hydrogen) atoms. The highest BCUT2D eigenvalue weighted by Crippen LogP contribution is 2.26. The zero-order valence-electron chi connectivity index (χ0n) is 10.9. The Hall–Kier alpha value is -1.75. The van der Waals surface area contributed by atoms with Crippen LogP contribution in [0.3, 0.4) is 0 Å². The van der Waals surface area contributed by atoms with Crippen LogP contribution in [0, 0.1) is 25.5 Å². The van der Waals surface area contributed by atoms with E-state index < -0.39 is 17.4 Å². The molecular formula is C15H12BrF2NO. The van der Waals surface area contributed by atoms with Gasteiger partial charge in [-0.2, -0.15) is 0 Å². The Bertz CT molecular complexity index is 714. The largest absolute Gasteiger partial charge is 0.398 e. The van der Waals surface area contributed by atoms with E-state index in [1.54, 1.807) is 19.1 Å². The van der Waals surface area contributed by atoms with Gasteiger partial charge in [-0.3, -0.25) is 4.79 Å². The molecule has 0 atom stereocenters. The molecule has 104 valence electrons. The molecule has 0 saturated carbocycles. The van der Waals surface area contributed by atoms with Crippen LogP contribution < -0.4 is 5.73 Å². The van der Waals surface area contributed by atoms with Gasteiger partial charge < -0.3 is 5.73 Å². The summed E-state index contributed by atoms with van der Waals surface area (Å²) in [6, 6.07) is 5.13. The Labute approximate surface area is 123 Å². The minimum atomic E-state index is -0.744. The number of rotatable bonds is 2. The van der Waals surface area contributed by atoms with Gasteiger partial charge in [-0.1, -0.05) is 15.9 Å². The first kappa shape index (κ1) is 14.7. The number of nitrogens with two attached hydrogens (primary N) is 1. The summed E-state index contributed by atoms with van der Waals surface area (Å²) < 4.78 is 28.0. The summed E-state index contributed by atoms with van der Waals surface area (Å²) in [7, 11) is 0. The maximum absolute atomic E-state index is 13.9. The number of benzene rings is 2. The van der Waals surface area contributed by atoms with Gasteiger partial charge in [-0.05, 0) is 49.2 Å². The van der Waals surface area contributed by atoms with Crippen molar-refractivity contribution in [3.8, 4) is 0 Å². The van der Waals surface area contributed by atoms with E-state index >= 15 is 0 Å². The molecule has 0 unspecified atom stereocenters. The quantitative estimate of drug-likeness (QED) is 0.659. The SMILES string of the molecule is Cc1cc(F)c(C(=O)c2cc(Br)cc(N)c2C)cc1F. The summed E-state index contributed by atoms with van der Waals surface area (Å²) in [4.78, 5) is 12.4. The minimum Gasteiger partial charge on any atom is -0.398 e. The summed E-state index contributed by atoms with van der Waals surface area (Å²) in [5.74, 6) is -1.95. The van der Waals surface area contributed by atoms with Gasteiger partial charge in [0.25, 0.3) is 0 Å². The van der Waals surface area contributed by atoms with E-state index in [9.17, 15) is 13.6 Å². The fourth-order valence-corrected chi connectivity index (χ4v) is 2.38. The second-order valence-electron chi connectivity index (χ2n) is 4.58. The van der Waals surface area contributed by atoms with E-state index in [2.05, 4.69) is 15.9 Å². The molecule has 5 heteroatoms. The zero-order chi connectivity index (χ0) is 15.0. The Morgan fingerprint density at radius 3 is 2.35 bits per heavy atom. The number of nitrogen functional groups attached to an aromatic ring is 1. The molecule has 2 rings (SSSR count). The predicted molar refractivity (Wildman–Crippen MR) is 77.8 cm³/mol. The van der Waals surface area contributed by atoms with Crippen LogP contribution in [0.15, 0.2) is 28.7 Å². The lowest BCUT2D eigenvalue weighted by molar-refractivity contribution is 0.103. The number of anilines is 1. The van der Waals surface area contributed by atoms with Crippen LogP contribution in [0.4, 0.5) is 14.5 Å². The first-order chi connectivity index (χ1) is 9.31. The lowest BCUT2D eigenvalue weighted by Crippen LogP contribution is -2.09. The van der Waals surface area contributed by atoms with Gasteiger partial charge >= 0.3 is 0 Å². The molecule has 0 aliphatic heterocycles. The van der Waals surface area contributed by atoms with Gasteiger partial charge in [0.15, 0.2) is 5.78 Å². The first-order valence-electron chi connectivity index (χ1n) is 5.87. The van der Waals surface area contributed by atoms with E-state index in [0.717, 1.165) is 12.1 Å². The maximum atomic E-state index is 13.9. The third-order valence-electron chi connectivity index (χ3n) is 3.15. The van der Waals surface area contributed by atoms with Crippen molar-refractivity contribution < 1.29 is 13.6 Å². The van der Waals surface area contributed by atoms with E-state index in [1.807, 2.05) is 0 Å². The highest BCUT2D eigenvalue weighted by molar-refractivity contribution is 9.10. The number of hydrogen-bond acceptors (Lipinski definition) is 2. The molecule has 0 saturated heterocycles. The number of hydrogen-bond donors (Lipinski definition) is 1. The summed E-state index contributed by atoms with van der Waals surface area (Å²) in [6.45, 7) is 3.10. The predicted octanol–water partition coefficient (Wildman–Crippen LogP) is 4.16. The second-order valence-corrected chi connectivity index (χ2v) is 5.49. The molecule has 0 amide bonds. The summed E-state index contributed by atoms with van der Waals surface area (Å²) >= 11 is 3.23. The molecule has 0 bridgehead atoms. The topological polar surface area (TPSA) is 43.1 Å². The highest BCUT2D eigenvalue weighted by Gasteiger charge is 2.19. The highest BCUT2D eigenvalue weighted by atomic mass is 79.9. The molecule has 0 heterocycles. The van der Waals surface area contributed by atoms with Crippen molar-refractivity contribution in [1.29, 1.82) is 0 Å². The molecule has 2 nitrogen and oxygen atoms in total. The Morgan fingerprint density at radius 2 is 1.70 bits per heavy atom. The molecule has 0 radical (unpaired) electrons. The van der Waals surface area contributed by atoms with Crippen molar-refractivity contribution in [1.82, 2.24) is 0 Å². The Balaban J connectivity index is 2.60. The number of aryl methyl sites for hydroxylation is 1. The van der Waals surface area contributed by atoms with Gasteiger partial charge in [0.1, 0.15) is 11.6 Å². The molecule has 0 aliphatic rings. The van der Waals surface area contributed by atoms with Crippen molar-refractivity contribution >= 4 is 27.4 Å². The van der Waals surface area contributed by atoms with Crippen molar-refractivity contribution in [2.45, 2.75) is 13.8 Å². The number of carbonyl (C=O) groups excluding carboxylic acids is 1. The molecule has 0 aromatic heterocycles. The fraction of sp³-hybridized carbons (Fsp3) is 0.133. The summed E-state index contributed by atoms with van der Waals surface area (Å²) in [5.41, 5.74) is 6.84. The van der Waals surface area contributed by atoms with E-state index in [-0.39, 0.29) is 16.7 Å². The number of carbonyl (C=O) groups is 1. The lowest BCUT2D eigenvalue weighted by atomic mass is 9.97. The standard InChI is InChI=1S/C15H12BrF2NO/c1-7-3-13(18)11(6-12(7)17)15(20)10-4-9(16)5-14(19)8(10)2/h3-6H,19H2,1-2H3. The monoisotopic (exact) mass is 339 g/mol. The lowest BCUT2D eigenvalue weighted by Gasteiger charge is -2.10. The summed E-state index contributed by atoms with van der Waals surface area (Å²) in [5, 5.41) is 0. The van der Waals surface area contributed by atoms with Crippen molar-refractivity contribution in [3.63, 3.8) is 0 Å². The van der Waals surface area contributed by atoms with E-state index in [1.165, 1.54) is 6.92 Å². The normalized spacial score (nSPS) is 10.7. The molecule has 0 aliphatic carbocycles. The number of halogens is 3. The molecule has 2 N–H and O–H groups in total. The third kappa shape index (κ3) is 2.58. The minimum absolute atomic E-state index is 0.157. The number of ketones is 1. The average Bonchev–Trinajstić information content (AvgIpc) is 2.37. The van der Waals surface area contributed by atoms with Crippen LogP contribution in [-0.4, -0.2) is 5.78 Å². The molecule has 0 spiro atoms. The van der Waals surface area contributed by atoms with Crippen molar-refractivity contribution in [2.24, 2.45) is 0 Å². The first-order valence-corrected chi connectivity index (χ1v) is 6.66. The van der Waals surface area contributed by atoms with Crippen LogP contribution in [0.5, 0.6) is 0 Å². The van der Waals surface area contributed by atoms with E-state index in [0.29, 0.717) is 15.7 Å². The maximum Gasteiger partial charge on any atom is 0.196 e. The van der Waals surface area contributed by atoms with Crippen LogP contribution in [0.1, 0.15) is 27.0 Å². The Morgan fingerprint density at radius 1 is 1.05 bits per heavy atom. The Kier molecular flexibility index (Phi) is 3.90. The summed E-state index contributed by atoms with van der Waals surface area (Å²) in [6.07, 6.45) is 0. The van der Waals surface area contributed by atoms with Gasteiger partial charge in [0.2, 0.25) is 0 Å². The smallest absolute Gasteiger partial charge is 0.196 e. The zero-order valence-corrected chi connectivity index (χ0v) is 12.5. The third-order valence-corrected chi connectivity index (χ3v) is 3.61. The van der Waals surface area contributed by atoms with E-state index in [4.69, 9.17) is 5.73 Å². The fourth-order valence-electron chi connectivity index (χ4n) is 1.90. The van der Waals surface area contributed by atoms with Gasteiger partial charge in [0, 0.05) is 15.7 Å². The van der Waals surface area contributed by atoms with Gasteiger partial charge in [0.05, 0.1) is 5.56 Å². The van der Waals surface area contributed by atoms with Gasteiger partial charge in [-0.15, -0.1) is 0 Å². The van der Waals surface area contributed by atoms with Crippen molar-refractivity contribution in [3.05, 3.63) is 62.6 Å². The molecule has 0 fully saturated rings. The van der Waals surface area contributed by atoms with Crippen LogP contribution in [-0.2, 0) is 0 Å². The molecular weight excluding hydrogens is 328 g/mol. The van der Waals surface area contributed by atoms with Crippen LogP contribution >= 0.6 is 15.9 Å². The van der Waals surface area contributed by atoms with Crippen LogP contribution in [0.25, 0.3) is 0 Å². The second kappa shape index (κ2) is 5.32.